The molecule has 1 aromatic rings. The number of quaternary nitrogens is 1. The van der Waals surface area contributed by atoms with E-state index >= 15 is 0 Å². The van der Waals surface area contributed by atoms with Crippen molar-refractivity contribution in [2.24, 2.45) is 23.7 Å². The second kappa shape index (κ2) is 7.39. The summed E-state index contributed by atoms with van der Waals surface area (Å²) in [6, 6.07) is 10.5. The number of hydrogen-bond acceptors (Lipinski definition) is 3. The number of nitrogens with one attached hydrogen (secondary N) is 1. The Morgan fingerprint density at radius 1 is 1.04 bits per heavy atom. The van der Waals surface area contributed by atoms with E-state index in [-0.39, 0.29) is 23.7 Å². The first-order chi connectivity index (χ1) is 12.6. The molecule has 0 spiro atoms. The molecule has 0 radical (unpaired) electrons. The summed E-state index contributed by atoms with van der Waals surface area (Å²) >= 11 is 0. The number of aliphatic carboxylic acids is 1. The lowest BCUT2D eigenvalue weighted by molar-refractivity contribution is -0.903. The lowest BCUT2D eigenvalue weighted by atomic mass is 9.78. The van der Waals surface area contributed by atoms with Crippen LogP contribution in [0.15, 0.2) is 30.3 Å². The smallest absolute Gasteiger partial charge is 0.227 e. The van der Waals surface area contributed by atoms with Gasteiger partial charge in [0.1, 0.15) is 0 Å². The fourth-order valence-electron chi connectivity index (χ4n) is 5.46. The Balaban J connectivity index is 1.30. The molecule has 4 rings (SSSR count). The van der Waals surface area contributed by atoms with Gasteiger partial charge in [0.2, 0.25) is 5.91 Å². The number of rotatable bonds is 5. The first-order valence-corrected chi connectivity index (χ1v) is 10.0. The van der Waals surface area contributed by atoms with Gasteiger partial charge in [-0.1, -0.05) is 30.3 Å². The zero-order valence-electron chi connectivity index (χ0n) is 15.2. The van der Waals surface area contributed by atoms with Crippen LogP contribution in [0.5, 0.6) is 0 Å². The fourth-order valence-corrected chi connectivity index (χ4v) is 5.46. The van der Waals surface area contributed by atoms with E-state index in [0.717, 1.165) is 58.4 Å². The van der Waals surface area contributed by atoms with E-state index in [1.807, 2.05) is 11.0 Å². The van der Waals surface area contributed by atoms with Crippen molar-refractivity contribution in [3.05, 3.63) is 35.9 Å². The summed E-state index contributed by atoms with van der Waals surface area (Å²) in [6.45, 7) is 4.49. The van der Waals surface area contributed by atoms with Crippen molar-refractivity contribution in [2.45, 2.75) is 25.7 Å². The number of piperazine rings is 1. The summed E-state index contributed by atoms with van der Waals surface area (Å²) < 4.78 is 0. The third-order valence-electron chi connectivity index (χ3n) is 6.87. The lowest BCUT2D eigenvalue weighted by Crippen LogP contribution is -3.15. The van der Waals surface area contributed by atoms with Crippen LogP contribution in [-0.4, -0.2) is 49.5 Å². The maximum absolute atomic E-state index is 13.0. The summed E-state index contributed by atoms with van der Waals surface area (Å²) in [5.74, 6) is -1.39. The molecular formula is C21H28N2O3. The minimum absolute atomic E-state index is 0.0773. The molecule has 1 aliphatic heterocycles. The van der Waals surface area contributed by atoms with E-state index < -0.39 is 11.9 Å². The lowest BCUT2D eigenvalue weighted by Gasteiger charge is -2.38. The van der Waals surface area contributed by atoms with Crippen LogP contribution in [-0.2, 0) is 16.0 Å². The first kappa shape index (κ1) is 17.5. The Morgan fingerprint density at radius 2 is 1.69 bits per heavy atom. The minimum atomic E-state index is -1.01. The second-order valence-electron chi connectivity index (χ2n) is 8.26. The van der Waals surface area contributed by atoms with Crippen molar-refractivity contribution in [3.8, 4) is 0 Å². The molecule has 2 saturated carbocycles. The highest BCUT2D eigenvalue weighted by Crippen LogP contribution is 2.52. The maximum atomic E-state index is 13.0. The second-order valence-corrected chi connectivity index (χ2v) is 8.26. The minimum Gasteiger partial charge on any atom is -0.550 e. The maximum Gasteiger partial charge on any atom is 0.227 e. The van der Waals surface area contributed by atoms with Gasteiger partial charge in [-0.3, -0.25) is 4.79 Å². The largest absolute Gasteiger partial charge is 0.550 e. The van der Waals surface area contributed by atoms with Crippen molar-refractivity contribution in [1.29, 1.82) is 0 Å². The molecule has 1 amide bonds. The summed E-state index contributed by atoms with van der Waals surface area (Å²) in [6.07, 6.45) is 3.91. The molecule has 5 nitrogen and oxygen atoms in total. The molecular weight excluding hydrogens is 328 g/mol. The number of carboxylic acid groups (broad SMARTS) is 1. The van der Waals surface area contributed by atoms with Crippen LogP contribution in [0, 0.1) is 23.7 Å². The monoisotopic (exact) mass is 356 g/mol. The Bertz CT molecular complexity index is 654. The van der Waals surface area contributed by atoms with Gasteiger partial charge in [0.05, 0.1) is 32.7 Å². The highest BCUT2D eigenvalue weighted by molar-refractivity contribution is 5.85. The molecule has 3 aliphatic rings. The summed E-state index contributed by atoms with van der Waals surface area (Å²) in [5, 5.41) is 11.6. The number of amides is 1. The molecule has 3 fully saturated rings. The van der Waals surface area contributed by atoms with Crippen LogP contribution < -0.4 is 10.0 Å². The van der Waals surface area contributed by atoms with Crippen LogP contribution in [0.4, 0.5) is 0 Å². The highest BCUT2D eigenvalue weighted by Gasteiger charge is 2.52. The van der Waals surface area contributed by atoms with E-state index in [0.29, 0.717) is 0 Å². The molecule has 5 heteroatoms. The zero-order chi connectivity index (χ0) is 18.1. The van der Waals surface area contributed by atoms with Crippen LogP contribution in [0.25, 0.3) is 0 Å². The zero-order valence-corrected chi connectivity index (χ0v) is 15.2. The molecule has 1 N–H and O–H groups in total. The Labute approximate surface area is 155 Å². The number of carboxylic acids is 1. The van der Waals surface area contributed by atoms with Crippen molar-refractivity contribution in [2.75, 3.05) is 32.7 Å². The van der Waals surface area contributed by atoms with Gasteiger partial charge in [-0.05, 0) is 36.7 Å². The van der Waals surface area contributed by atoms with Crippen LogP contribution in [0.2, 0.25) is 0 Å². The molecule has 4 atom stereocenters. The third kappa shape index (κ3) is 3.37. The molecule has 2 bridgehead atoms. The number of carbonyl (C=O) groups excluding carboxylic acids is 2. The van der Waals surface area contributed by atoms with E-state index in [1.165, 1.54) is 10.5 Å². The molecule has 26 heavy (non-hydrogen) atoms. The first-order valence-electron chi connectivity index (χ1n) is 10.0. The number of hydrogen-bond donors (Lipinski definition) is 1. The van der Waals surface area contributed by atoms with Gasteiger partial charge < -0.3 is 19.7 Å². The molecule has 1 aromatic carbocycles. The van der Waals surface area contributed by atoms with E-state index in [1.54, 1.807) is 0 Å². The number of benzene rings is 1. The Hall–Kier alpha value is -1.88. The fraction of sp³-hybridized carbons (Fsp3) is 0.619. The predicted octanol–water partition coefficient (Wildman–Crippen LogP) is -0.632. The van der Waals surface area contributed by atoms with Gasteiger partial charge in [-0.15, -0.1) is 0 Å². The molecule has 140 valence electrons. The van der Waals surface area contributed by atoms with Gasteiger partial charge in [0.15, 0.2) is 0 Å². The van der Waals surface area contributed by atoms with Crippen LogP contribution in [0.1, 0.15) is 24.8 Å². The SMILES string of the molecule is O=C([O-])[C@H]1[C@@H]2CC[C@H](C2)[C@@H]1C(=O)N1CC[NH+](CCc2ccccc2)CC1. The standard InChI is InChI=1S/C21H28N2O3/c24-20(18-16-6-7-17(14-16)19(18)21(25)26)23-12-10-22(11-13-23)9-8-15-4-2-1-3-5-15/h1-5,16-19H,6-14H2,(H,25,26)/t16-,17-,18+,19+/m1/s1. The van der Waals surface area contributed by atoms with Gasteiger partial charge in [-0.2, -0.15) is 0 Å². The van der Waals surface area contributed by atoms with Gasteiger partial charge in [0.25, 0.3) is 0 Å². The van der Waals surface area contributed by atoms with Crippen molar-refractivity contribution < 1.29 is 19.6 Å². The number of fused-ring (bicyclic) bond motifs is 2. The Morgan fingerprint density at radius 3 is 2.35 bits per heavy atom. The Kier molecular flexibility index (Phi) is 4.98. The summed E-state index contributed by atoms with van der Waals surface area (Å²) in [7, 11) is 0. The van der Waals surface area contributed by atoms with E-state index in [9.17, 15) is 14.7 Å². The molecule has 1 saturated heterocycles. The molecule has 0 aromatic heterocycles. The quantitative estimate of drug-likeness (QED) is 0.764. The summed E-state index contributed by atoms with van der Waals surface area (Å²) in [4.78, 5) is 28.0. The predicted molar refractivity (Wildman–Crippen MR) is 95.1 cm³/mol. The number of carbonyl (C=O) groups is 2. The normalized spacial score (nSPS) is 31.3. The van der Waals surface area contributed by atoms with E-state index in [2.05, 4.69) is 24.3 Å². The summed E-state index contributed by atoms with van der Waals surface area (Å²) in [5.41, 5.74) is 1.36. The van der Waals surface area contributed by atoms with Gasteiger partial charge >= 0.3 is 0 Å². The average Bonchev–Trinajstić information content (AvgIpc) is 3.28. The van der Waals surface area contributed by atoms with E-state index in [4.69, 9.17) is 0 Å². The van der Waals surface area contributed by atoms with Crippen molar-refractivity contribution in [1.82, 2.24) is 4.90 Å². The molecule has 2 aliphatic carbocycles. The van der Waals surface area contributed by atoms with Crippen molar-refractivity contribution in [3.63, 3.8) is 0 Å². The third-order valence-corrected chi connectivity index (χ3v) is 6.87. The van der Waals surface area contributed by atoms with Crippen LogP contribution in [0.3, 0.4) is 0 Å². The highest BCUT2D eigenvalue weighted by atomic mass is 16.4. The van der Waals surface area contributed by atoms with Crippen LogP contribution >= 0.6 is 0 Å². The van der Waals surface area contributed by atoms with Gasteiger partial charge in [-0.25, -0.2) is 0 Å². The molecule has 0 unspecified atom stereocenters. The van der Waals surface area contributed by atoms with Crippen molar-refractivity contribution >= 4 is 11.9 Å². The topological polar surface area (TPSA) is 64.9 Å². The number of nitrogens with zero attached hydrogens (tertiary/aromatic N) is 1. The van der Waals surface area contributed by atoms with Gasteiger partial charge in [0, 0.05) is 24.2 Å². The average molecular weight is 356 g/mol. The molecule has 1 heterocycles.